The smallest absolute Gasteiger partial charge is 0.231 e. The number of aryl methyl sites for hydroxylation is 2. The van der Waals surface area contributed by atoms with Gasteiger partial charge in [0, 0.05) is 54.1 Å². The van der Waals surface area contributed by atoms with Crippen molar-refractivity contribution in [3.05, 3.63) is 77.6 Å². The van der Waals surface area contributed by atoms with Crippen LogP contribution in [0.2, 0.25) is 0 Å². The average molecular weight is 560 g/mol. The second kappa shape index (κ2) is 9.92. The molecular formula is C30H33N5O4S. The number of carbonyl (C=O) groups is 1. The third kappa shape index (κ3) is 4.40. The number of benzene rings is 2. The maximum atomic E-state index is 14.5. The van der Waals surface area contributed by atoms with Gasteiger partial charge in [0.15, 0.2) is 5.37 Å². The molecule has 1 N–H and O–H groups in total. The molecule has 40 heavy (non-hydrogen) atoms. The molecule has 2 aromatic heterocycles. The van der Waals surface area contributed by atoms with Gasteiger partial charge in [-0.2, -0.15) is 4.98 Å². The van der Waals surface area contributed by atoms with E-state index >= 15 is 0 Å². The van der Waals surface area contributed by atoms with Crippen LogP contribution >= 0.6 is 0 Å². The number of sulfone groups is 1. The Hall–Kier alpha value is -3.92. The Bertz CT molecular complexity index is 1680. The first kappa shape index (κ1) is 26.3. The molecule has 4 aromatic rings. The predicted octanol–water partition coefficient (Wildman–Crippen LogP) is 4.57. The van der Waals surface area contributed by atoms with Gasteiger partial charge in [-0.15, -0.1) is 0 Å². The highest BCUT2D eigenvalue weighted by atomic mass is 32.2. The van der Waals surface area contributed by atoms with E-state index in [4.69, 9.17) is 4.74 Å². The SMILES string of the molecule is COc1cc(C)nc(N2CCC3(CCCN(C(c4c[nH]c5ccccc45)S(=O)(=O)c4ccc(C)cc4)C3=O)C2)n1. The molecule has 2 aliphatic rings. The van der Waals surface area contributed by atoms with E-state index in [9.17, 15) is 13.2 Å². The molecule has 2 saturated heterocycles. The number of piperidine rings is 1. The Morgan fingerprint density at radius 3 is 2.58 bits per heavy atom. The van der Waals surface area contributed by atoms with Gasteiger partial charge in [0.25, 0.3) is 0 Å². The van der Waals surface area contributed by atoms with Gasteiger partial charge in [0.2, 0.25) is 27.6 Å². The van der Waals surface area contributed by atoms with Crippen molar-refractivity contribution >= 4 is 32.6 Å². The van der Waals surface area contributed by atoms with Gasteiger partial charge < -0.3 is 19.5 Å². The van der Waals surface area contributed by atoms with Crippen LogP contribution in [-0.2, 0) is 14.6 Å². The first-order chi connectivity index (χ1) is 19.2. The molecule has 2 aliphatic heterocycles. The largest absolute Gasteiger partial charge is 0.481 e. The van der Waals surface area contributed by atoms with Crippen molar-refractivity contribution < 1.29 is 17.9 Å². The van der Waals surface area contributed by atoms with Gasteiger partial charge in [0.1, 0.15) is 0 Å². The molecule has 208 valence electrons. The van der Waals surface area contributed by atoms with Crippen LogP contribution in [0.1, 0.15) is 41.5 Å². The van der Waals surface area contributed by atoms with Crippen molar-refractivity contribution in [3.63, 3.8) is 0 Å². The quantitative estimate of drug-likeness (QED) is 0.369. The van der Waals surface area contributed by atoms with Crippen LogP contribution in [0.15, 0.2) is 65.7 Å². The Kier molecular flexibility index (Phi) is 6.53. The molecule has 1 amide bonds. The van der Waals surface area contributed by atoms with Crippen LogP contribution in [0.5, 0.6) is 5.88 Å². The topological polar surface area (TPSA) is 108 Å². The van der Waals surface area contributed by atoms with Crippen LogP contribution in [0.25, 0.3) is 10.9 Å². The number of amides is 1. The Balaban J connectivity index is 1.41. The number of anilines is 1. The summed E-state index contributed by atoms with van der Waals surface area (Å²) in [4.78, 5) is 30.6. The highest BCUT2D eigenvalue weighted by Crippen LogP contribution is 2.46. The average Bonchev–Trinajstić information content (AvgIpc) is 3.57. The minimum Gasteiger partial charge on any atom is -0.481 e. The number of aromatic nitrogens is 3. The minimum atomic E-state index is -3.96. The summed E-state index contributed by atoms with van der Waals surface area (Å²) in [5.41, 5.74) is 2.45. The number of methoxy groups -OCH3 is 1. The maximum absolute atomic E-state index is 14.5. The number of hydrogen-bond acceptors (Lipinski definition) is 7. The van der Waals surface area contributed by atoms with Crippen LogP contribution in [0.4, 0.5) is 5.95 Å². The molecule has 1 spiro atoms. The van der Waals surface area contributed by atoms with Gasteiger partial charge in [-0.25, -0.2) is 13.4 Å². The normalized spacial score (nSPS) is 20.4. The molecule has 9 nitrogen and oxygen atoms in total. The minimum absolute atomic E-state index is 0.133. The van der Waals surface area contributed by atoms with E-state index in [-0.39, 0.29) is 10.8 Å². The molecule has 2 aromatic carbocycles. The maximum Gasteiger partial charge on any atom is 0.231 e. The van der Waals surface area contributed by atoms with Gasteiger partial charge in [0.05, 0.1) is 17.4 Å². The fraction of sp³-hybridized carbons (Fsp3) is 0.367. The number of rotatable bonds is 6. The zero-order chi connectivity index (χ0) is 28.1. The summed E-state index contributed by atoms with van der Waals surface area (Å²) in [6.45, 7) is 5.21. The van der Waals surface area contributed by atoms with E-state index in [1.54, 1.807) is 48.5 Å². The van der Waals surface area contributed by atoms with Gasteiger partial charge >= 0.3 is 0 Å². The summed E-state index contributed by atoms with van der Waals surface area (Å²) < 4.78 is 34.1. The van der Waals surface area contributed by atoms with Crippen LogP contribution in [0.3, 0.4) is 0 Å². The third-order valence-corrected chi connectivity index (χ3v) is 10.3. The van der Waals surface area contributed by atoms with Crippen molar-refractivity contribution in [2.75, 3.05) is 31.6 Å². The van der Waals surface area contributed by atoms with Crippen molar-refractivity contribution in [3.8, 4) is 5.88 Å². The second-order valence-corrected chi connectivity index (χ2v) is 12.9. The number of likely N-dealkylation sites (tertiary alicyclic amines) is 1. The highest BCUT2D eigenvalue weighted by molar-refractivity contribution is 7.91. The van der Waals surface area contributed by atoms with E-state index < -0.39 is 20.6 Å². The Morgan fingerprint density at radius 2 is 1.80 bits per heavy atom. The Labute approximate surface area is 234 Å². The number of aromatic amines is 1. The molecule has 6 rings (SSSR count). The molecule has 4 heterocycles. The predicted molar refractivity (Wildman–Crippen MR) is 153 cm³/mol. The molecular weight excluding hydrogens is 526 g/mol. The lowest BCUT2D eigenvalue weighted by atomic mass is 9.78. The number of nitrogens with one attached hydrogen (secondary N) is 1. The number of nitrogens with zero attached hydrogens (tertiary/aromatic N) is 4. The summed E-state index contributed by atoms with van der Waals surface area (Å²) in [5.74, 6) is 0.870. The molecule has 2 fully saturated rings. The lowest BCUT2D eigenvalue weighted by Gasteiger charge is -2.42. The lowest BCUT2D eigenvalue weighted by Crippen LogP contribution is -2.52. The number of hydrogen-bond donors (Lipinski definition) is 1. The molecule has 0 aliphatic carbocycles. The van der Waals surface area contributed by atoms with Crippen LogP contribution < -0.4 is 9.64 Å². The monoisotopic (exact) mass is 559 g/mol. The zero-order valence-corrected chi connectivity index (χ0v) is 23.7. The fourth-order valence-electron chi connectivity index (χ4n) is 6.17. The number of para-hydroxylation sites is 1. The van der Waals surface area contributed by atoms with Crippen molar-refractivity contribution in [1.29, 1.82) is 0 Å². The number of carbonyl (C=O) groups excluding carboxylic acids is 1. The van der Waals surface area contributed by atoms with Crippen molar-refractivity contribution in [2.45, 2.75) is 43.4 Å². The summed E-state index contributed by atoms with van der Waals surface area (Å²) in [7, 11) is -2.39. The molecule has 0 radical (unpaired) electrons. The van der Waals surface area contributed by atoms with Gasteiger partial charge in [-0.3, -0.25) is 4.79 Å². The van der Waals surface area contributed by atoms with E-state index in [1.807, 2.05) is 43.0 Å². The Morgan fingerprint density at radius 1 is 1.02 bits per heavy atom. The van der Waals surface area contributed by atoms with Crippen LogP contribution in [0, 0.1) is 19.3 Å². The first-order valence-electron chi connectivity index (χ1n) is 13.5. The first-order valence-corrected chi connectivity index (χ1v) is 15.1. The summed E-state index contributed by atoms with van der Waals surface area (Å²) in [6.07, 6.45) is 3.74. The molecule has 0 bridgehead atoms. The fourth-order valence-corrected chi connectivity index (χ4v) is 8.01. The summed E-state index contributed by atoms with van der Waals surface area (Å²) in [5, 5.41) is -0.357. The van der Waals surface area contributed by atoms with Gasteiger partial charge in [-0.05, 0) is 51.3 Å². The van der Waals surface area contributed by atoms with Crippen molar-refractivity contribution in [1.82, 2.24) is 19.9 Å². The second-order valence-electron chi connectivity index (χ2n) is 10.9. The number of ether oxygens (including phenoxy) is 1. The van der Waals surface area contributed by atoms with E-state index in [0.29, 0.717) is 56.3 Å². The molecule has 10 heteroatoms. The zero-order valence-electron chi connectivity index (χ0n) is 22.9. The van der Waals surface area contributed by atoms with E-state index in [1.165, 1.54) is 0 Å². The van der Waals surface area contributed by atoms with E-state index in [2.05, 4.69) is 15.0 Å². The standard InChI is InChI=1S/C30H33N5O4S/c1-20-9-11-22(12-10-20)40(37,38)27(24-18-31-25-8-5-4-7-23(24)25)35-15-6-13-30(28(35)36)14-16-34(19-30)29-32-21(2)17-26(33-29)39-3/h4-5,7-12,17-18,27,31H,6,13-16,19H2,1-3H3. The molecule has 2 atom stereocenters. The van der Waals surface area contributed by atoms with Gasteiger partial charge in [-0.1, -0.05) is 35.9 Å². The molecule has 2 unspecified atom stereocenters. The summed E-state index contributed by atoms with van der Waals surface area (Å²) >= 11 is 0. The lowest BCUT2D eigenvalue weighted by molar-refractivity contribution is -0.146. The summed E-state index contributed by atoms with van der Waals surface area (Å²) in [6, 6.07) is 16.2. The number of fused-ring (bicyclic) bond motifs is 1. The highest BCUT2D eigenvalue weighted by Gasteiger charge is 2.52. The van der Waals surface area contributed by atoms with E-state index in [0.717, 1.165) is 22.2 Å². The van der Waals surface area contributed by atoms with Crippen molar-refractivity contribution in [2.24, 2.45) is 5.41 Å². The third-order valence-electron chi connectivity index (χ3n) is 8.25. The number of H-pyrrole nitrogens is 1. The van der Waals surface area contributed by atoms with Crippen LogP contribution in [-0.4, -0.2) is 60.9 Å². The molecule has 0 saturated carbocycles.